The Kier molecular flexibility index (Phi) is 5.44. The number of methoxy groups -OCH3 is 1. The van der Waals surface area contributed by atoms with Crippen LogP contribution in [0.25, 0.3) is 10.2 Å². The van der Waals surface area contributed by atoms with Gasteiger partial charge in [-0.1, -0.05) is 0 Å². The molecule has 0 saturated heterocycles. The molecule has 1 aliphatic carbocycles. The van der Waals surface area contributed by atoms with Crippen LogP contribution in [-0.2, 0) is 28.8 Å². The second-order valence-corrected chi connectivity index (χ2v) is 8.10. The second kappa shape index (κ2) is 8.16. The van der Waals surface area contributed by atoms with Crippen LogP contribution in [0, 0.1) is 0 Å². The van der Waals surface area contributed by atoms with Gasteiger partial charge in [0.15, 0.2) is 0 Å². The summed E-state index contributed by atoms with van der Waals surface area (Å²) in [5.74, 6) is -0.0927. The minimum Gasteiger partial charge on any atom is -0.465 e. The lowest BCUT2D eigenvalue weighted by molar-refractivity contribution is -0.116. The summed E-state index contributed by atoms with van der Waals surface area (Å²) in [4.78, 5) is 45.7. The lowest BCUT2D eigenvalue weighted by Crippen LogP contribution is -2.16. The van der Waals surface area contributed by atoms with Crippen LogP contribution in [0.15, 0.2) is 29.1 Å². The fourth-order valence-electron chi connectivity index (χ4n) is 3.59. The molecule has 0 atom stereocenters. The van der Waals surface area contributed by atoms with Crippen molar-refractivity contribution in [2.24, 2.45) is 0 Å². The quantitative estimate of drug-likeness (QED) is 0.628. The third-order valence-electron chi connectivity index (χ3n) is 5.05. The number of aryl methyl sites for hydroxylation is 3. The molecule has 0 unspecified atom stereocenters. The molecule has 0 saturated carbocycles. The Morgan fingerprint density at radius 2 is 1.97 bits per heavy atom. The van der Waals surface area contributed by atoms with Gasteiger partial charge < -0.3 is 15.0 Å². The maximum Gasteiger partial charge on any atom is 0.337 e. The van der Waals surface area contributed by atoms with Crippen LogP contribution in [0.1, 0.15) is 45.9 Å². The first-order valence-corrected chi connectivity index (χ1v) is 10.4. The van der Waals surface area contributed by atoms with Gasteiger partial charge in [0.05, 0.1) is 18.1 Å². The first-order chi connectivity index (χ1) is 14.0. The number of carbonyl (C=O) groups is 2. The Hall–Kier alpha value is -3.00. The highest BCUT2D eigenvalue weighted by atomic mass is 32.1. The van der Waals surface area contributed by atoms with Crippen LogP contribution in [0.5, 0.6) is 0 Å². The van der Waals surface area contributed by atoms with Crippen molar-refractivity contribution in [1.29, 1.82) is 0 Å². The molecule has 0 fully saturated rings. The second-order valence-electron chi connectivity index (χ2n) is 7.02. The molecule has 1 aliphatic rings. The normalized spacial score (nSPS) is 13.1. The number of nitrogens with one attached hydrogen (secondary N) is 2. The van der Waals surface area contributed by atoms with Crippen molar-refractivity contribution in [1.82, 2.24) is 9.97 Å². The van der Waals surface area contributed by atoms with Gasteiger partial charge in [0, 0.05) is 23.4 Å². The summed E-state index contributed by atoms with van der Waals surface area (Å²) >= 11 is 1.60. The van der Waals surface area contributed by atoms with Crippen molar-refractivity contribution >= 4 is 39.1 Å². The predicted molar refractivity (Wildman–Crippen MR) is 112 cm³/mol. The molecule has 7 nitrogen and oxygen atoms in total. The Bertz CT molecular complexity index is 1130. The third-order valence-corrected chi connectivity index (χ3v) is 6.24. The molecule has 0 radical (unpaired) electrons. The van der Waals surface area contributed by atoms with Gasteiger partial charge in [-0.15, -0.1) is 11.3 Å². The van der Waals surface area contributed by atoms with E-state index in [0.29, 0.717) is 23.5 Å². The SMILES string of the molecule is COC(=O)c1ccc(NC(=O)CCc2nc3sc4c(c3c(=O)[nH]2)CCCC4)cc1. The zero-order chi connectivity index (χ0) is 20.4. The van der Waals surface area contributed by atoms with E-state index >= 15 is 0 Å². The van der Waals surface area contributed by atoms with Crippen molar-refractivity contribution in [2.45, 2.75) is 38.5 Å². The summed E-state index contributed by atoms with van der Waals surface area (Å²) in [6.45, 7) is 0. The topological polar surface area (TPSA) is 101 Å². The molecule has 1 amide bonds. The summed E-state index contributed by atoms with van der Waals surface area (Å²) in [6.07, 6.45) is 4.77. The zero-order valence-corrected chi connectivity index (χ0v) is 16.9. The van der Waals surface area contributed by atoms with Crippen LogP contribution < -0.4 is 10.9 Å². The molecule has 3 aromatic rings. The summed E-state index contributed by atoms with van der Waals surface area (Å²) < 4.78 is 4.65. The van der Waals surface area contributed by atoms with Crippen molar-refractivity contribution in [3.8, 4) is 0 Å². The fraction of sp³-hybridized carbons (Fsp3) is 0.333. The Morgan fingerprint density at radius 3 is 2.72 bits per heavy atom. The number of H-pyrrole nitrogens is 1. The Balaban J connectivity index is 1.42. The van der Waals surface area contributed by atoms with E-state index in [0.717, 1.165) is 41.5 Å². The number of aromatic amines is 1. The van der Waals surface area contributed by atoms with E-state index < -0.39 is 5.97 Å². The van der Waals surface area contributed by atoms with Gasteiger partial charge in [0.25, 0.3) is 5.56 Å². The molecule has 8 heteroatoms. The van der Waals surface area contributed by atoms with E-state index in [1.54, 1.807) is 35.6 Å². The number of benzene rings is 1. The number of hydrogen-bond acceptors (Lipinski definition) is 6. The number of esters is 1. The molecule has 2 aromatic heterocycles. The third kappa shape index (κ3) is 4.07. The van der Waals surface area contributed by atoms with Gasteiger partial charge >= 0.3 is 5.97 Å². The highest BCUT2D eigenvalue weighted by molar-refractivity contribution is 7.18. The summed E-state index contributed by atoms with van der Waals surface area (Å²) in [6, 6.07) is 6.47. The minimum atomic E-state index is -0.427. The number of aromatic nitrogens is 2. The summed E-state index contributed by atoms with van der Waals surface area (Å²) in [5, 5.41) is 3.51. The number of hydrogen-bond donors (Lipinski definition) is 2. The standard InChI is InChI=1S/C21H21N3O4S/c1-28-21(27)12-6-8-13(9-7-12)22-17(25)11-10-16-23-19(26)18-14-4-2-3-5-15(14)29-20(18)24-16/h6-9H,2-5,10-11H2,1H3,(H,22,25)(H,23,24,26). The van der Waals surface area contributed by atoms with E-state index in [1.807, 2.05) is 0 Å². The lowest BCUT2D eigenvalue weighted by Gasteiger charge is -2.09. The number of carbonyl (C=O) groups excluding carboxylic acids is 2. The first kappa shape index (κ1) is 19.3. The number of anilines is 1. The maximum atomic E-state index is 12.6. The minimum absolute atomic E-state index is 0.108. The maximum absolute atomic E-state index is 12.6. The van der Waals surface area contributed by atoms with E-state index in [2.05, 4.69) is 20.0 Å². The van der Waals surface area contributed by atoms with Crippen molar-refractivity contribution in [3.05, 3.63) is 56.4 Å². The highest BCUT2D eigenvalue weighted by Crippen LogP contribution is 2.33. The van der Waals surface area contributed by atoms with E-state index in [9.17, 15) is 14.4 Å². The Labute approximate surface area is 171 Å². The molecule has 150 valence electrons. The number of amides is 1. The van der Waals surface area contributed by atoms with Gasteiger partial charge in [-0.25, -0.2) is 9.78 Å². The number of ether oxygens (including phenoxy) is 1. The molecule has 0 spiro atoms. The zero-order valence-electron chi connectivity index (χ0n) is 16.0. The van der Waals surface area contributed by atoms with Crippen LogP contribution in [0.2, 0.25) is 0 Å². The van der Waals surface area contributed by atoms with Crippen molar-refractivity contribution < 1.29 is 14.3 Å². The molecular weight excluding hydrogens is 390 g/mol. The van der Waals surface area contributed by atoms with E-state index in [4.69, 9.17) is 0 Å². The predicted octanol–water partition coefficient (Wildman–Crippen LogP) is 3.22. The molecular formula is C21H21N3O4S. The van der Waals surface area contributed by atoms with Crippen molar-refractivity contribution in [3.63, 3.8) is 0 Å². The number of thiophene rings is 1. The van der Waals surface area contributed by atoms with Crippen LogP contribution >= 0.6 is 11.3 Å². The molecule has 4 rings (SSSR count). The lowest BCUT2D eigenvalue weighted by atomic mass is 9.97. The van der Waals surface area contributed by atoms with Gasteiger partial charge in [0.1, 0.15) is 10.7 Å². The number of rotatable bonds is 5. The van der Waals surface area contributed by atoms with Crippen molar-refractivity contribution in [2.75, 3.05) is 12.4 Å². The van der Waals surface area contributed by atoms with Crippen LogP contribution in [0.3, 0.4) is 0 Å². The van der Waals surface area contributed by atoms with Crippen LogP contribution in [0.4, 0.5) is 5.69 Å². The van der Waals surface area contributed by atoms with Gasteiger partial charge in [-0.05, 0) is 55.5 Å². The molecule has 1 aromatic carbocycles. The van der Waals surface area contributed by atoms with Gasteiger partial charge in [0.2, 0.25) is 5.91 Å². The number of fused-ring (bicyclic) bond motifs is 3. The molecule has 0 bridgehead atoms. The monoisotopic (exact) mass is 411 g/mol. The molecule has 29 heavy (non-hydrogen) atoms. The summed E-state index contributed by atoms with van der Waals surface area (Å²) in [5.41, 5.74) is 2.05. The summed E-state index contributed by atoms with van der Waals surface area (Å²) in [7, 11) is 1.32. The van der Waals surface area contributed by atoms with E-state index in [-0.39, 0.29) is 17.9 Å². The molecule has 0 aliphatic heterocycles. The smallest absolute Gasteiger partial charge is 0.337 e. The highest BCUT2D eigenvalue weighted by Gasteiger charge is 2.20. The van der Waals surface area contributed by atoms with E-state index in [1.165, 1.54) is 12.0 Å². The van der Waals surface area contributed by atoms with Crippen LogP contribution in [-0.4, -0.2) is 29.0 Å². The molecule has 2 heterocycles. The van der Waals surface area contributed by atoms with Gasteiger partial charge in [-0.3, -0.25) is 9.59 Å². The largest absolute Gasteiger partial charge is 0.465 e. The Morgan fingerprint density at radius 1 is 1.21 bits per heavy atom. The first-order valence-electron chi connectivity index (χ1n) is 9.57. The average molecular weight is 411 g/mol. The molecule has 2 N–H and O–H groups in total. The fourth-order valence-corrected chi connectivity index (χ4v) is 4.87. The average Bonchev–Trinajstić information content (AvgIpc) is 3.11. The van der Waals surface area contributed by atoms with Gasteiger partial charge in [-0.2, -0.15) is 0 Å². The number of nitrogens with zero attached hydrogens (tertiary/aromatic N) is 1.